The molecule has 0 heterocycles. The van der Waals surface area contributed by atoms with Gasteiger partial charge in [0.25, 0.3) is 0 Å². The fourth-order valence-corrected chi connectivity index (χ4v) is 8.20. The second kappa shape index (κ2) is 51.5. The molecule has 0 bridgehead atoms. The number of esters is 1. The molecule has 0 aromatic heterocycles. The van der Waals surface area contributed by atoms with Crippen molar-refractivity contribution in [3.05, 3.63) is 60.8 Å². The molecule has 0 aliphatic heterocycles. The molecule has 0 aromatic rings. The zero-order valence-electron chi connectivity index (χ0n) is 42.4. The van der Waals surface area contributed by atoms with Crippen LogP contribution < -0.4 is 5.32 Å². The summed E-state index contributed by atoms with van der Waals surface area (Å²) in [6.45, 7) is 6.44. The van der Waals surface area contributed by atoms with E-state index in [9.17, 15) is 19.8 Å². The monoisotopic (exact) mass is 896 g/mol. The Morgan fingerprint density at radius 3 is 1.30 bits per heavy atom. The second-order valence-electron chi connectivity index (χ2n) is 18.7. The molecule has 0 radical (unpaired) electrons. The van der Waals surface area contributed by atoms with Gasteiger partial charge in [0.05, 0.1) is 25.2 Å². The van der Waals surface area contributed by atoms with E-state index in [-0.39, 0.29) is 24.9 Å². The molecule has 64 heavy (non-hydrogen) atoms. The maximum Gasteiger partial charge on any atom is 0.306 e. The normalized spacial score (nSPS) is 13.6. The molecule has 6 heteroatoms. The molecule has 0 fully saturated rings. The Labute approximate surface area is 397 Å². The molecule has 3 N–H and O–H groups in total. The van der Waals surface area contributed by atoms with Crippen LogP contribution >= 0.6 is 0 Å². The molecule has 0 saturated carbocycles. The van der Waals surface area contributed by atoms with Gasteiger partial charge in [-0.25, -0.2) is 0 Å². The van der Waals surface area contributed by atoms with E-state index >= 15 is 0 Å². The number of amides is 1. The molecule has 0 saturated heterocycles. The predicted molar refractivity (Wildman–Crippen MR) is 278 cm³/mol. The van der Waals surface area contributed by atoms with Crippen LogP contribution in [0.2, 0.25) is 0 Å². The molecule has 0 aliphatic rings. The summed E-state index contributed by atoms with van der Waals surface area (Å²) in [5.41, 5.74) is 0. The Kier molecular flexibility index (Phi) is 49.6. The first-order valence-corrected chi connectivity index (χ1v) is 27.6. The minimum Gasteiger partial charge on any atom is -0.462 e. The number of unbranched alkanes of at least 4 members (excludes halogenated alkanes) is 30. The maximum atomic E-state index is 13.2. The number of ether oxygens (including phenoxy) is 1. The van der Waals surface area contributed by atoms with E-state index in [2.05, 4.69) is 86.8 Å². The van der Waals surface area contributed by atoms with Crippen molar-refractivity contribution in [2.24, 2.45) is 0 Å². The fourth-order valence-electron chi connectivity index (χ4n) is 8.20. The first kappa shape index (κ1) is 61.6. The average molecular weight is 896 g/mol. The van der Waals surface area contributed by atoms with Crippen LogP contribution in [0.15, 0.2) is 60.8 Å². The minimum absolute atomic E-state index is 0.0495. The van der Waals surface area contributed by atoms with Crippen LogP contribution in [0, 0.1) is 0 Å². The molecule has 1 amide bonds. The van der Waals surface area contributed by atoms with E-state index in [1.54, 1.807) is 0 Å². The van der Waals surface area contributed by atoms with E-state index in [4.69, 9.17) is 4.74 Å². The van der Waals surface area contributed by atoms with Crippen LogP contribution in [0.1, 0.15) is 271 Å². The van der Waals surface area contributed by atoms with Gasteiger partial charge in [0.2, 0.25) is 5.91 Å². The van der Waals surface area contributed by atoms with Crippen molar-refractivity contribution in [1.29, 1.82) is 0 Å². The van der Waals surface area contributed by atoms with Gasteiger partial charge in [0, 0.05) is 6.42 Å². The SMILES string of the molecule is CCCCC/C=C/C=C/C=C/C=C/CCCCCC(CC(=O)NC(CO)C(O)CCCCCCCCCCCCCC)OC(=O)CCCCCCCCC/C=C/CCCCCCCC. The van der Waals surface area contributed by atoms with Gasteiger partial charge in [-0.05, 0) is 77.0 Å². The number of nitrogens with one attached hydrogen (secondary N) is 1. The lowest BCUT2D eigenvalue weighted by molar-refractivity contribution is -0.151. The van der Waals surface area contributed by atoms with E-state index in [0.29, 0.717) is 19.3 Å². The highest BCUT2D eigenvalue weighted by molar-refractivity contribution is 5.77. The molecular weight excluding hydrogens is 791 g/mol. The van der Waals surface area contributed by atoms with Crippen LogP contribution in [-0.4, -0.2) is 46.9 Å². The number of hydrogen-bond donors (Lipinski definition) is 3. The third-order valence-corrected chi connectivity index (χ3v) is 12.4. The van der Waals surface area contributed by atoms with Gasteiger partial charge in [-0.15, -0.1) is 0 Å². The van der Waals surface area contributed by atoms with Crippen molar-refractivity contribution in [2.45, 2.75) is 289 Å². The lowest BCUT2D eigenvalue weighted by atomic mass is 10.0. The molecule has 3 unspecified atom stereocenters. The van der Waals surface area contributed by atoms with Crippen molar-refractivity contribution in [2.75, 3.05) is 6.61 Å². The lowest BCUT2D eigenvalue weighted by Gasteiger charge is -2.24. The third kappa shape index (κ3) is 46.1. The first-order chi connectivity index (χ1) is 31.5. The van der Waals surface area contributed by atoms with Gasteiger partial charge < -0.3 is 20.3 Å². The van der Waals surface area contributed by atoms with Crippen molar-refractivity contribution in [1.82, 2.24) is 5.32 Å². The van der Waals surface area contributed by atoms with Gasteiger partial charge in [0.15, 0.2) is 0 Å². The van der Waals surface area contributed by atoms with E-state index in [1.807, 2.05) is 0 Å². The maximum absolute atomic E-state index is 13.2. The molecule has 372 valence electrons. The lowest BCUT2D eigenvalue weighted by Crippen LogP contribution is -2.46. The first-order valence-electron chi connectivity index (χ1n) is 27.6. The summed E-state index contributed by atoms with van der Waals surface area (Å²) in [4.78, 5) is 26.2. The van der Waals surface area contributed by atoms with Crippen molar-refractivity contribution < 1.29 is 24.5 Å². The van der Waals surface area contributed by atoms with Gasteiger partial charge in [-0.3, -0.25) is 9.59 Å². The number of aliphatic hydroxyl groups is 2. The number of rotatable bonds is 49. The molecule has 3 atom stereocenters. The Morgan fingerprint density at radius 2 is 0.812 bits per heavy atom. The molecule has 0 rings (SSSR count). The minimum atomic E-state index is -0.800. The topological polar surface area (TPSA) is 95.9 Å². The molecule has 6 nitrogen and oxygen atoms in total. The smallest absolute Gasteiger partial charge is 0.306 e. The van der Waals surface area contributed by atoms with Crippen LogP contribution in [0.5, 0.6) is 0 Å². The number of aliphatic hydroxyl groups excluding tert-OH is 2. The van der Waals surface area contributed by atoms with Gasteiger partial charge >= 0.3 is 5.97 Å². The number of carbonyl (C=O) groups is 2. The van der Waals surface area contributed by atoms with Gasteiger partial charge in [-0.2, -0.15) is 0 Å². The number of allylic oxidation sites excluding steroid dienone is 10. The largest absolute Gasteiger partial charge is 0.462 e. The summed E-state index contributed by atoms with van der Waals surface area (Å²) in [6.07, 6.45) is 64.2. The van der Waals surface area contributed by atoms with Crippen LogP contribution in [0.4, 0.5) is 0 Å². The highest BCUT2D eigenvalue weighted by Gasteiger charge is 2.24. The highest BCUT2D eigenvalue weighted by atomic mass is 16.5. The molecule has 0 aliphatic carbocycles. The molecule has 0 aromatic carbocycles. The number of carbonyl (C=O) groups excluding carboxylic acids is 2. The van der Waals surface area contributed by atoms with Gasteiger partial charge in [0.1, 0.15) is 6.10 Å². The zero-order chi connectivity index (χ0) is 46.7. The Hall–Kier alpha value is -2.44. The molecule has 0 spiro atoms. The van der Waals surface area contributed by atoms with E-state index < -0.39 is 18.2 Å². The summed E-state index contributed by atoms with van der Waals surface area (Å²) in [5, 5.41) is 23.8. The fraction of sp³-hybridized carbons (Fsp3) is 0.793. The summed E-state index contributed by atoms with van der Waals surface area (Å²) < 4.78 is 5.93. The van der Waals surface area contributed by atoms with Crippen molar-refractivity contribution in [3.63, 3.8) is 0 Å². The summed E-state index contributed by atoms with van der Waals surface area (Å²) >= 11 is 0. The van der Waals surface area contributed by atoms with Crippen LogP contribution in [0.25, 0.3) is 0 Å². The molecular formula is C58H105NO5. The van der Waals surface area contributed by atoms with Crippen molar-refractivity contribution in [3.8, 4) is 0 Å². The quantitative estimate of drug-likeness (QED) is 0.0245. The predicted octanol–water partition coefficient (Wildman–Crippen LogP) is 16.8. The number of hydrogen-bond acceptors (Lipinski definition) is 5. The van der Waals surface area contributed by atoms with Crippen LogP contribution in [-0.2, 0) is 14.3 Å². The standard InChI is InChI=1S/C58H105NO5/c1-4-7-10-13-16-19-22-25-27-29-31-33-36-39-42-45-48-51-58(63)64-54(49-46-43-40-37-34-32-30-28-26-23-20-17-14-11-8-5-2)52-57(62)59-55(53-60)56(61)50-47-44-41-38-35-24-21-18-15-12-9-6-3/h17,20,23,25-28,30,32,34,54-56,60-61H,4-16,18-19,21-22,24,29,31,33,35-53H2,1-3H3,(H,59,62)/b20-17+,26-23+,27-25+,30-28+,34-32+. The van der Waals surface area contributed by atoms with E-state index in [0.717, 1.165) is 70.6 Å². The average Bonchev–Trinajstić information content (AvgIpc) is 3.29. The second-order valence-corrected chi connectivity index (χ2v) is 18.7. The zero-order valence-corrected chi connectivity index (χ0v) is 42.4. The third-order valence-electron chi connectivity index (χ3n) is 12.4. The Balaban J connectivity index is 4.66. The van der Waals surface area contributed by atoms with Crippen LogP contribution in [0.3, 0.4) is 0 Å². The summed E-state index contributed by atoms with van der Waals surface area (Å²) in [6, 6.07) is -0.716. The highest BCUT2D eigenvalue weighted by Crippen LogP contribution is 2.18. The van der Waals surface area contributed by atoms with Crippen molar-refractivity contribution >= 4 is 11.9 Å². The van der Waals surface area contributed by atoms with E-state index in [1.165, 1.54) is 154 Å². The Morgan fingerprint density at radius 1 is 0.453 bits per heavy atom. The van der Waals surface area contributed by atoms with Gasteiger partial charge in [-0.1, -0.05) is 242 Å². The summed E-state index contributed by atoms with van der Waals surface area (Å²) in [5.74, 6) is -0.512. The Bertz CT molecular complexity index is 1140. The summed E-state index contributed by atoms with van der Waals surface area (Å²) in [7, 11) is 0.